The number of nitrogens with zero attached hydrogens (tertiary/aromatic N) is 4. The fraction of sp³-hybridized carbons (Fsp3) is 0.286. The van der Waals surface area contributed by atoms with Gasteiger partial charge in [-0.3, -0.25) is 9.13 Å². The second-order valence-electron chi connectivity index (χ2n) is 13.6. The molecule has 1 N–H and O–H groups in total. The lowest BCUT2D eigenvalue weighted by atomic mass is 9.92. The molecule has 240 valence electrons. The minimum absolute atomic E-state index is 0.0630. The molecule has 0 saturated heterocycles. The number of benzene rings is 4. The minimum Gasteiger partial charge on any atom is -0.507 e. The summed E-state index contributed by atoms with van der Waals surface area (Å²) in [4.78, 5) is 9.87. The molecule has 0 amide bonds. The summed E-state index contributed by atoms with van der Waals surface area (Å²) in [6, 6.07) is 28.2. The largest absolute Gasteiger partial charge is 0.507 e. The van der Waals surface area contributed by atoms with E-state index in [-0.39, 0.29) is 41.8 Å². The van der Waals surface area contributed by atoms with E-state index in [1.54, 1.807) is 6.07 Å². The summed E-state index contributed by atoms with van der Waals surface area (Å²) in [7, 11) is 0. The Labute approximate surface area is 282 Å². The van der Waals surface area contributed by atoms with Gasteiger partial charge in [-0.25, -0.2) is 9.97 Å². The monoisotopic (exact) mass is 624 g/mol. The van der Waals surface area contributed by atoms with Crippen LogP contribution in [0.4, 0.5) is 0 Å². The first-order chi connectivity index (χ1) is 23.4. The molecule has 0 atom stereocenters. The van der Waals surface area contributed by atoms with Gasteiger partial charge < -0.3 is 5.11 Å². The summed E-state index contributed by atoms with van der Waals surface area (Å²) in [6.07, 6.45) is 2.07. The van der Waals surface area contributed by atoms with Gasteiger partial charge in [0.1, 0.15) is 17.4 Å². The molecule has 2 aromatic heterocycles. The van der Waals surface area contributed by atoms with Crippen LogP contribution in [0, 0.1) is 0 Å². The van der Waals surface area contributed by atoms with Gasteiger partial charge in [-0.05, 0) is 64.1 Å². The van der Waals surface area contributed by atoms with Crippen molar-refractivity contribution in [2.75, 3.05) is 0 Å². The van der Waals surface area contributed by atoms with Crippen LogP contribution in [-0.4, -0.2) is 24.2 Å². The highest BCUT2D eigenvalue weighted by Crippen LogP contribution is 2.39. The van der Waals surface area contributed by atoms with E-state index in [0.717, 1.165) is 39.3 Å². The fourth-order valence-corrected chi connectivity index (χ4v) is 6.51. The molecule has 0 unspecified atom stereocenters. The zero-order valence-corrected chi connectivity index (χ0v) is 28.7. The van der Waals surface area contributed by atoms with E-state index < -0.39 is 0 Å². The zero-order chi connectivity index (χ0) is 35.1. The first-order valence-electron chi connectivity index (χ1n) is 17.7. The number of imidazole rings is 2. The second kappa shape index (κ2) is 13.1. The highest BCUT2D eigenvalue weighted by molar-refractivity contribution is 5.75. The maximum Gasteiger partial charge on any atom is 0.148 e. The molecule has 4 aromatic carbocycles. The van der Waals surface area contributed by atoms with Gasteiger partial charge in [0.25, 0.3) is 0 Å². The van der Waals surface area contributed by atoms with Crippen molar-refractivity contribution < 1.29 is 7.85 Å². The van der Waals surface area contributed by atoms with E-state index in [2.05, 4.69) is 108 Å². The number of phenols is 1. The highest BCUT2D eigenvalue weighted by Gasteiger charge is 2.23. The van der Waals surface area contributed by atoms with E-state index in [4.69, 9.17) is 7.73 Å². The fourth-order valence-electron chi connectivity index (χ4n) is 6.51. The van der Waals surface area contributed by atoms with E-state index in [1.165, 1.54) is 11.1 Å². The number of aromatic hydroxyl groups is 1. The standard InChI is InChI=1S/C42H46N4O/c1-26(2)32-17-12-18-33(27(3)4)39(32)45-23-22-43-41(45)31-15-11-14-30(24-31)37-25-46(42(44-37)36-16-9-10-21-38(36)47)40-34(28(5)6)19-13-20-35(40)29(7)8/h9-29,47H,1-8H3/i22D,23D. The molecule has 0 spiro atoms. The van der Waals surface area contributed by atoms with Crippen LogP contribution in [0.3, 0.4) is 0 Å². The molecular weight excluding hydrogens is 576 g/mol. The molecule has 6 rings (SSSR count). The van der Waals surface area contributed by atoms with Crippen molar-refractivity contribution in [2.24, 2.45) is 0 Å². The van der Waals surface area contributed by atoms with Crippen molar-refractivity contribution in [3.8, 4) is 51.2 Å². The average Bonchev–Trinajstić information content (AvgIpc) is 3.64. The molecule has 0 aliphatic heterocycles. The molecular formula is C42H46N4O. The van der Waals surface area contributed by atoms with E-state index in [0.29, 0.717) is 17.2 Å². The Bertz CT molecular complexity index is 2080. The quantitative estimate of drug-likeness (QED) is 0.174. The van der Waals surface area contributed by atoms with Gasteiger partial charge in [-0.1, -0.05) is 122 Å². The zero-order valence-electron chi connectivity index (χ0n) is 30.7. The molecule has 5 heteroatoms. The molecule has 47 heavy (non-hydrogen) atoms. The summed E-state index contributed by atoms with van der Waals surface area (Å²) < 4.78 is 21.7. The first-order valence-corrected chi connectivity index (χ1v) is 16.7. The van der Waals surface area contributed by atoms with Crippen molar-refractivity contribution in [1.82, 2.24) is 19.1 Å². The third-order valence-corrected chi connectivity index (χ3v) is 8.95. The van der Waals surface area contributed by atoms with Crippen LogP contribution in [0.2, 0.25) is 0 Å². The molecule has 0 aliphatic carbocycles. The summed E-state index contributed by atoms with van der Waals surface area (Å²) in [5.41, 5.74) is 9.72. The summed E-state index contributed by atoms with van der Waals surface area (Å²) in [5, 5.41) is 11.1. The van der Waals surface area contributed by atoms with Gasteiger partial charge in [0, 0.05) is 29.7 Å². The molecule has 2 heterocycles. The van der Waals surface area contributed by atoms with Crippen LogP contribution in [-0.2, 0) is 0 Å². The second-order valence-corrected chi connectivity index (χ2v) is 13.6. The van der Waals surface area contributed by atoms with Gasteiger partial charge in [-0.15, -0.1) is 0 Å². The van der Waals surface area contributed by atoms with Crippen molar-refractivity contribution >= 4 is 0 Å². The summed E-state index contributed by atoms with van der Waals surface area (Å²) >= 11 is 0. The predicted octanol–water partition coefficient (Wildman–Crippen LogP) is 11.3. The number of hydrogen-bond donors (Lipinski definition) is 1. The van der Waals surface area contributed by atoms with Crippen molar-refractivity contribution in [1.29, 1.82) is 0 Å². The van der Waals surface area contributed by atoms with Crippen LogP contribution >= 0.6 is 0 Å². The Morgan fingerprint density at radius 2 is 1.11 bits per heavy atom. The Morgan fingerprint density at radius 1 is 0.596 bits per heavy atom. The number of hydrogen-bond acceptors (Lipinski definition) is 3. The average molecular weight is 625 g/mol. The summed E-state index contributed by atoms with van der Waals surface area (Å²) in [5.74, 6) is 2.34. The van der Waals surface area contributed by atoms with Gasteiger partial charge in [0.2, 0.25) is 0 Å². The van der Waals surface area contributed by atoms with Gasteiger partial charge in [-0.2, -0.15) is 0 Å². The highest BCUT2D eigenvalue weighted by atomic mass is 16.3. The lowest BCUT2D eigenvalue weighted by Gasteiger charge is -2.22. The molecule has 5 nitrogen and oxygen atoms in total. The maximum absolute atomic E-state index is 11.1. The normalized spacial score (nSPS) is 12.4. The SMILES string of the molecule is [2H]c1nc(-c2cccc(-c3cn(-c4c(C(C)C)cccc4C(C)C)c(-c4ccccc4O)n3)c2)n(-c2c(C(C)C)cccc2C(C)C)c1[2H]. The minimum atomic E-state index is -0.0636. The van der Waals surface area contributed by atoms with E-state index in [9.17, 15) is 5.11 Å². The van der Waals surface area contributed by atoms with E-state index in [1.807, 2.05) is 47.0 Å². The number of para-hydroxylation sites is 3. The van der Waals surface area contributed by atoms with Crippen LogP contribution in [0.25, 0.3) is 45.4 Å². The Balaban J connectivity index is 1.59. The number of phenolic OH excluding ortho intramolecular Hbond substituents is 1. The van der Waals surface area contributed by atoms with Gasteiger partial charge in [0.05, 0.1) is 25.4 Å². The lowest BCUT2D eigenvalue weighted by Crippen LogP contribution is -2.08. The smallest absolute Gasteiger partial charge is 0.148 e. The van der Waals surface area contributed by atoms with Crippen molar-refractivity contribution in [3.63, 3.8) is 0 Å². The molecule has 0 saturated carbocycles. The van der Waals surface area contributed by atoms with Crippen LogP contribution in [0.5, 0.6) is 5.75 Å². The third-order valence-electron chi connectivity index (χ3n) is 8.95. The van der Waals surface area contributed by atoms with Crippen molar-refractivity contribution in [3.05, 3.63) is 126 Å². The topological polar surface area (TPSA) is 55.9 Å². The molecule has 0 aliphatic rings. The Kier molecular flexibility index (Phi) is 8.21. The van der Waals surface area contributed by atoms with Crippen LogP contribution in [0.1, 0.15) is 104 Å². The van der Waals surface area contributed by atoms with E-state index >= 15 is 0 Å². The first kappa shape index (κ1) is 29.5. The number of aromatic nitrogens is 4. The number of rotatable bonds is 9. The molecule has 0 radical (unpaired) electrons. The summed E-state index contributed by atoms with van der Waals surface area (Å²) in [6.45, 7) is 17.4. The molecule has 6 aromatic rings. The van der Waals surface area contributed by atoms with Crippen molar-refractivity contribution in [2.45, 2.75) is 79.1 Å². The van der Waals surface area contributed by atoms with Gasteiger partial charge >= 0.3 is 0 Å². The van der Waals surface area contributed by atoms with Crippen LogP contribution in [0.15, 0.2) is 103 Å². The lowest BCUT2D eigenvalue weighted by molar-refractivity contribution is 0.477. The Hall–Kier alpha value is -4.90. The predicted molar refractivity (Wildman–Crippen MR) is 195 cm³/mol. The van der Waals surface area contributed by atoms with Gasteiger partial charge in [0.15, 0.2) is 0 Å². The third kappa shape index (κ3) is 6.03. The maximum atomic E-state index is 11.1. The van der Waals surface area contributed by atoms with Crippen LogP contribution < -0.4 is 0 Å². The Morgan fingerprint density at radius 3 is 1.66 bits per heavy atom. The molecule has 0 fully saturated rings. The molecule has 0 bridgehead atoms.